The summed E-state index contributed by atoms with van der Waals surface area (Å²) in [7, 11) is 1.45. The van der Waals surface area contributed by atoms with Gasteiger partial charge >= 0.3 is 0 Å². The van der Waals surface area contributed by atoms with Gasteiger partial charge in [-0.05, 0) is 42.0 Å². The Balaban J connectivity index is 1.42. The number of aromatic nitrogens is 2. The number of nitrogens with one attached hydrogen (secondary N) is 1. The molecular weight excluding hydrogens is 403 g/mol. The van der Waals surface area contributed by atoms with Gasteiger partial charge in [0.25, 0.3) is 5.91 Å². The molecule has 0 atom stereocenters. The molecule has 1 aliphatic rings. The number of piperazine rings is 1. The lowest BCUT2D eigenvalue weighted by atomic mass is 10.1. The molecule has 1 aromatic heterocycles. The predicted octanol–water partition coefficient (Wildman–Crippen LogP) is 3.64. The molecule has 1 fully saturated rings. The number of hydrogen-bond donors (Lipinski definition) is 1. The number of hydrogen-bond acceptors (Lipinski definition) is 4. The highest BCUT2D eigenvalue weighted by Crippen LogP contribution is 2.20. The van der Waals surface area contributed by atoms with E-state index in [-0.39, 0.29) is 17.5 Å². The molecule has 30 heavy (non-hydrogen) atoms. The molecule has 156 valence electrons. The van der Waals surface area contributed by atoms with Crippen LogP contribution in [0.5, 0.6) is 5.75 Å². The fourth-order valence-corrected chi connectivity index (χ4v) is 3.96. The van der Waals surface area contributed by atoms with E-state index in [2.05, 4.69) is 9.88 Å². The minimum absolute atomic E-state index is 0.0543. The minimum atomic E-state index is -0.360. The number of nitrogens with zero attached hydrogens (tertiary/aromatic N) is 3. The summed E-state index contributed by atoms with van der Waals surface area (Å²) >= 11 is 5.38. The Labute approximate surface area is 179 Å². The Morgan fingerprint density at radius 2 is 1.87 bits per heavy atom. The van der Waals surface area contributed by atoms with E-state index in [4.69, 9.17) is 17.0 Å². The lowest BCUT2D eigenvalue weighted by molar-refractivity contribution is 0.0620. The second kappa shape index (κ2) is 8.81. The Bertz CT molecular complexity index is 1090. The number of carbonyl (C=O) groups excluding carboxylic acids is 1. The molecule has 2 aromatic carbocycles. The molecule has 8 heteroatoms. The number of aromatic amines is 1. The molecule has 1 amide bonds. The van der Waals surface area contributed by atoms with Crippen molar-refractivity contribution in [1.29, 1.82) is 0 Å². The largest absolute Gasteiger partial charge is 0.494 e. The maximum atomic E-state index is 13.9. The molecule has 1 N–H and O–H groups in total. The Morgan fingerprint density at radius 3 is 2.53 bits per heavy atom. The highest BCUT2D eigenvalue weighted by Gasteiger charge is 2.25. The average molecular weight is 427 g/mol. The summed E-state index contributed by atoms with van der Waals surface area (Å²) in [6.45, 7) is 3.27. The lowest BCUT2D eigenvalue weighted by Gasteiger charge is -2.34. The number of benzene rings is 2. The molecule has 0 radical (unpaired) electrons. The summed E-state index contributed by atoms with van der Waals surface area (Å²) in [5.74, 6) is -0.170. The van der Waals surface area contributed by atoms with Crippen molar-refractivity contribution in [1.82, 2.24) is 19.4 Å². The molecule has 1 saturated heterocycles. The second-order valence-corrected chi connectivity index (χ2v) is 7.57. The van der Waals surface area contributed by atoms with E-state index in [0.717, 1.165) is 24.3 Å². The molecule has 3 aromatic rings. The molecular formula is C22H23FN4O2S. The summed E-state index contributed by atoms with van der Waals surface area (Å²) in [4.78, 5) is 20.2. The molecule has 0 saturated carbocycles. The van der Waals surface area contributed by atoms with Crippen LogP contribution in [0.4, 0.5) is 4.39 Å². The van der Waals surface area contributed by atoms with Crippen LogP contribution in [0, 0.1) is 10.6 Å². The maximum Gasteiger partial charge on any atom is 0.272 e. The van der Waals surface area contributed by atoms with Gasteiger partial charge in [0.15, 0.2) is 16.3 Å². The van der Waals surface area contributed by atoms with Gasteiger partial charge in [-0.1, -0.05) is 24.3 Å². The normalized spacial score (nSPS) is 14.7. The summed E-state index contributed by atoms with van der Waals surface area (Å²) < 4.78 is 21.2. The van der Waals surface area contributed by atoms with Gasteiger partial charge in [0.05, 0.1) is 7.11 Å². The van der Waals surface area contributed by atoms with Crippen LogP contribution in [0.25, 0.3) is 5.69 Å². The zero-order valence-electron chi connectivity index (χ0n) is 16.7. The first-order chi connectivity index (χ1) is 14.6. The molecule has 1 aliphatic heterocycles. The molecule has 6 nitrogen and oxygen atoms in total. The SMILES string of the molecule is COc1ccc(CN2CCN(C(=O)c3c[nH]c(=S)n3-c3ccccc3)CC2)cc1F. The van der Waals surface area contributed by atoms with Crippen molar-refractivity contribution in [2.24, 2.45) is 0 Å². The standard InChI is InChI=1S/C22H23FN4O2S/c1-29-20-8-7-16(13-18(20)23)15-25-9-11-26(12-10-25)21(28)19-14-24-22(30)27(19)17-5-3-2-4-6-17/h2-8,13-14H,9-12,15H2,1H3,(H,24,30). The van der Waals surface area contributed by atoms with Crippen LogP contribution in [0.1, 0.15) is 16.1 Å². The molecule has 2 heterocycles. The van der Waals surface area contributed by atoms with Gasteiger partial charge in [-0.3, -0.25) is 14.3 Å². The van der Waals surface area contributed by atoms with E-state index in [1.807, 2.05) is 41.3 Å². The topological polar surface area (TPSA) is 53.5 Å². The molecule has 0 bridgehead atoms. The number of amides is 1. The van der Waals surface area contributed by atoms with Gasteiger partial charge in [0.1, 0.15) is 5.69 Å². The summed E-state index contributed by atoms with van der Waals surface area (Å²) in [5, 5.41) is 0. The van der Waals surface area contributed by atoms with Gasteiger partial charge in [-0.2, -0.15) is 0 Å². The fraction of sp³-hybridized carbons (Fsp3) is 0.273. The van der Waals surface area contributed by atoms with Gasteiger partial charge < -0.3 is 14.6 Å². The first kappa shape index (κ1) is 20.3. The number of H-pyrrole nitrogens is 1. The van der Waals surface area contributed by atoms with Gasteiger partial charge in [0.2, 0.25) is 0 Å². The van der Waals surface area contributed by atoms with Crippen LogP contribution >= 0.6 is 12.2 Å². The third-order valence-corrected chi connectivity index (χ3v) is 5.59. The van der Waals surface area contributed by atoms with Crippen molar-refractivity contribution in [2.45, 2.75) is 6.54 Å². The van der Waals surface area contributed by atoms with Gasteiger partial charge in [-0.15, -0.1) is 0 Å². The van der Waals surface area contributed by atoms with Crippen LogP contribution in [0.15, 0.2) is 54.7 Å². The zero-order chi connectivity index (χ0) is 21.1. The molecule has 0 spiro atoms. The molecule has 0 unspecified atom stereocenters. The highest BCUT2D eigenvalue weighted by molar-refractivity contribution is 7.71. The average Bonchev–Trinajstić information content (AvgIpc) is 3.16. The quantitative estimate of drug-likeness (QED) is 0.633. The van der Waals surface area contributed by atoms with Crippen LogP contribution in [-0.2, 0) is 6.54 Å². The Hall–Kier alpha value is -2.97. The molecule has 4 rings (SSSR count). The van der Waals surface area contributed by atoms with Crippen molar-refractivity contribution in [2.75, 3.05) is 33.3 Å². The van der Waals surface area contributed by atoms with Crippen LogP contribution in [0.3, 0.4) is 0 Å². The number of rotatable bonds is 5. The number of carbonyl (C=O) groups is 1. The van der Waals surface area contributed by atoms with Crippen LogP contribution in [0.2, 0.25) is 0 Å². The summed E-state index contributed by atoms with van der Waals surface area (Å²) in [6.07, 6.45) is 1.67. The number of halogens is 1. The third kappa shape index (κ3) is 4.15. The second-order valence-electron chi connectivity index (χ2n) is 7.19. The Kier molecular flexibility index (Phi) is 5.96. The van der Waals surface area contributed by atoms with Crippen LogP contribution < -0.4 is 4.74 Å². The summed E-state index contributed by atoms with van der Waals surface area (Å²) in [6, 6.07) is 14.6. The van der Waals surface area contributed by atoms with E-state index in [1.165, 1.54) is 13.2 Å². The lowest BCUT2D eigenvalue weighted by Crippen LogP contribution is -2.48. The van der Waals surface area contributed by atoms with E-state index in [1.54, 1.807) is 16.8 Å². The van der Waals surface area contributed by atoms with Crippen molar-refractivity contribution < 1.29 is 13.9 Å². The van der Waals surface area contributed by atoms with Crippen molar-refractivity contribution in [3.05, 3.63) is 76.6 Å². The number of methoxy groups -OCH3 is 1. The smallest absolute Gasteiger partial charge is 0.272 e. The zero-order valence-corrected chi connectivity index (χ0v) is 17.5. The van der Waals surface area contributed by atoms with Crippen molar-refractivity contribution in [3.63, 3.8) is 0 Å². The monoisotopic (exact) mass is 426 g/mol. The Morgan fingerprint density at radius 1 is 1.13 bits per heavy atom. The third-order valence-electron chi connectivity index (χ3n) is 5.29. The van der Waals surface area contributed by atoms with Gasteiger partial charge in [0, 0.05) is 44.6 Å². The highest BCUT2D eigenvalue weighted by atomic mass is 32.1. The predicted molar refractivity (Wildman–Crippen MR) is 115 cm³/mol. The first-order valence-corrected chi connectivity index (χ1v) is 10.2. The minimum Gasteiger partial charge on any atom is -0.494 e. The van der Waals surface area contributed by atoms with Crippen LogP contribution in [-0.4, -0.2) is 58.5 Å². The fourth-order valence-electron chi connectivity index (χ4n) is 3.70. The van der Waals surface area contributed by atoms with E-state index in [0.29, 0.717) is 30.1 Å². The van der Waals surface area contributed by atoms with E-state index in [9.17, 15) is 9.18 Å². The number of imidazole rings is 1. The van der Waals surface area contributed by atoms with E-state index < -0.39 is 0 Å². The first-order valence-electron chi connectivity index (χ1n) is 9.76. The van der Waals surface area contributed by atoms with Crippen molar-refractivity contribution in [3.8, 4) is 11.4 Å². The number of para-hydroxylation sites is 1. The van der Waals surface area contributed by atoms with Gasteiger partial charge in [-0.25, -0.2) is 4.39 Å². The maximum absolute atomic E-state index is 13.9. The van der Waals surface area contributed by atoms with Crippen molar-refractivity contribution >= 4 is 18.1 Å². The van der Waals surface area contributed by atoms with E-state index >= 15 is 0 Å². The number of ether oxygens (including phenoxy) is 1. The summed E-state index contributed by atoms with van der Waals surface area (Å²) in [5.41, 5.74) is 2.26. The molecule has 0 aliphatic carbocycles.